The van der Waals surface area contributed by atoms with Crippen molar-refractivity contribution in [3.8, 4) is 5.75 Å². The zero-order valence-electron chi connectivity index (χ0n) is 14.2. The molecule has 1 atom stereocenters. The molecule has 1 aliphatic rings. The predicted molar refractivity (Wildman–Crippen MR) is 88.3 cm³/mol. The first-order valence-electron chi connectivity index (χ1n) is 8.13. The van der Waals surface area contributed by atoms with E-state index in [1.165, 1.54) is 24.0 Å². The number of alkyl halides is 3. The first-order chi connectivity index (χ1) is 12.7. The van der Waals surface area contributed by atoms with Crippen LogP contribution in [0, 0.1) is 0 Å². The largest absolute Gasteiger partial charge is 0.480 e. The van der Waals surface area contributed by atoms with E-state index in [0.29, 0.717) is 11.3 Å². The number of carbonyl (C=O) groups excluding carboxylic acids is 1. The number of halogens is 3. The summed E-state index contributed by atoms with van der Waals surface area (Å²) in [5, 5.41) is 0. The summed E-state index contributed by atoms with van der Waals surface area (Å²) < 4.78 is 44.4. The summed E-state index contributed by atoms with van der Waals surface area (Å²) in [4.78, 5) is 41.7. The lowest BCUT2D eigenvalue weighted by molar-refractivity contribution is -0.144. The molecule has 1 amide bonds. The van der Waals surface area contributed by atoms with Crippen molar-refractivity contribution in [2.24, 2.45) is 0 Å². The maximum atomic E-state index is 13.1. The number of rotatable bonds is 3. The molecule has 1 aromatic heterocycles. The van der Waals surface area contributed by atoms with Crippen molar-refractivity contribution in [1.82, 2.24) is 14.9 Å². The van der Waals surface area contributed by atoms with Gasteiger partial charge in [0.15, 0.2) is 6.10 Å². The average molecular weight is 383 g/mol. The lowest BCUT2D eigenvalue weighted by Crippen LogP contribution is -2.45. The van der Waals surface area contributed by atoms with Crippen molar-refractivity contribution in [3.05, 3.63) is 61.9 Å². The fourth-order valence-electron chi connectivity index (χ4n) is 2.97. The third kappa shape index (κ3) is 3.88. The van der Waals surface area contributed by atoms with Crippen molar-refractivity contribution in [2.75, 3.05) is 6.54 Å². The zero-order chi connectivity index (χ0) is 19.8. The number of para-hydroxylation sites is 1. The van der Waals surface area contributed by atoms with E-state index in [1.807, 2.05) is 0 Å². The van der Waals surface area contributed by atoms with Crippen molar-refractivity contribution in [3.63, 3.8) is 0 Å². The van der Waals surface area contributed by atoms with Gasteiger partial charge in [0.25, 0.3) is 11.5 Å². The monoisotopic (exact) mass is 383 g/mol. The molecule has 0 radical (unpaired) electrons. The predicted octanol–water partition coefficient (Wildman–Crippen LogP) is 1.43. The minimum atomic E-state index is -4.61. The second kappa shape index (κ2) is 6.93. The molecule has 2 N–H and O–H groups in total. The van der Waals surface area contributed by atoms with Crippen LogP contribution in [-0.2, 0) is 23.9 Å². The van der Waals surface area contributed by atoms with E-state index in [0.717, 1.165) is 12.1 Å². The van der Waals surface area contributed by atoms with Crippen LogP contribution >= 0.6 is 0 Å². The molecule has 0 aliphatic carbocycles. The minimum absolute atomic E-state index is 0.0258. The van der Waals surface area contributed by atoms with E-state index in [2.05, 4.69) is 9.97 Å². The van der Waals surface area contributed by atoms with E-state index in [9.17, 15) is 27.6 Å². The maximum Gasteiger partial charge on any atom is 0.419 e. The molecule has 2 aromatic rings. The second-order valence-corrected chi connectivity index (χ2v) is 6.13. The van der Waals surface area contributed by atoms with Gasteiger partial charge in [-0.1, -0.05) is 12.1 Å². The van der Waals surface area contributed by atoms with Crippen LogP contribution in [0.1, 0.15) is 23.7 Å². The van der Waals surface area contributed by atoms with Gasteiger partial charge in [-0.25, -0.2) is 4.79 Å². The van der Waals surface area contributed by atoms with Crippen LogP contribution in [0.5, 0.6) is 5.75 Å². The molecule has 144 valence electrons. The highest BCUT2D eigenvalue weighted by atomic mass is 19.4. The quantitative estimate of drug-likeness (QED) is 0.838. The van der Waals surface area contributed by atoms with Gasteiger partial charge >= 0.3 is 11.9 Å². The van der Waals surface area contributed by atoms with Crippen molar-refractivity contribution in [1.29, 1.82) is 0 Å². The molecule has 0 bridgehead atoms. The summed E-state index contributed by atoms with van der Waals surface area (Å²) >= 11 is 0. The van der Waals surface area contributed by atoms with Gasteiger partial charge in [0.1, 0.15) is 5.75 Å². The Balaban J connectivity index is 1.77. The van der Waals surface area contributed by atoms with E-state index < -0.39 is 40.7 Å². The molecule has 10 heteroatoms. The van der Waals surface area contributed by atoms with Crippen LogP contribution in [0.4, 0.5) is 13.2 Å². The molecule has 1 aliphatic heterocycles. The molecular formula is C17H16F3N3O4. The molecule has 0 fully saturated rings. The van der Waals surface area contributed by atoms with Crippen LogP contribution in [0.3, 0.4) is 0 Å². The number of aromatic nitrogens is 2. The summed E-state index contributed by atoms with van der Waals surface area (Å²) in [5.74, 6) is -0.980. The Morgan fingerprint density at radius 1 is 1.22 bits per heavy atom. The molecule has 7 nitrogen and oxygen atoms in total. The van der Waals surface area contributed by atoms with Crippen molar-refractivity contribution in [2.45, 2.75) is 32.2 Å². The second-order valence-electron chi connectivity index (χ2n) is 6.13. The Hall–Kier alpha value is -3.04. The fraction of sp³-hybridized carbons (Fsp3) is 0.353. The van der Waals surface area contributed by atoms with Crippen LogP contribution in [0.25, 0.3) is 0 Å². The maximum absolute atomic E-state index is 13.1. The Kier molecular flexibility index (Phi) is 4.81. The highest BCUT2D eigenvalue weighted by molar-refractivity contribution is 5.81. The number of fused-ring (bicyclic) bond motifs is 1. The van der Waals surface area contributed by atoms with Crippen LogP contribution in [-0.4, -0.2) is 33.4 Å². The van der Waals surface area contributed by atoms with Gasteiger partial charge in [0.2, 0.25) is 0 Å². The molecule has 0 spiro atoms. The summed E-state index contributed by atoms with van der Waals surface area (Å²) in [6.07, 6.45) is -5.56. The molecular weight excluding hydrogens is 367 g/mol. The van der Waals surface area contributed by atoms with Gasteiger partial charge in [0.05, 0.1) is 12.1 Å². The SMILES string of the molecule is CC(Oc1ccccc1C(F)(F)F)C(=O)N1CCc2c([nH]c(=O)[nH]c2=O)C1. The molecule has 2 heterocycles. The topological polar surface area (TPSA) is 95.3 Å². The standard InChI is InChI=1S/C17H16F3N3O4/c1-9(27-13-5-3-2-4-11(13)17(18,19)20)15(25)23-7-6-10-12(8-23)21-16(26)22-14(10)24/h2-5,9H,6-8H2,1H3,(H2,21,22,24,26). The summed E-state index contributed by atoms with van der Waals surface area (Å²) in [5.41, 5.74) is -1.47. The number of benzene rings is 1. The number of hydrogen-bond acceptors (Lipinski definition) is 4. The Morgan fingerprint density at radius 3 is 2.63 bits per heavy atom. The number of H-pyrrole nitrogens is 2. The van der Waals surface area contributed by atoms with E-state index in [1.54, 1.807) is 0 Å². The van der Waals surface area contributed by atoms with Gasteiger partial charge in [-0.3, -0.25) is 14.6 Å². The van der Waals surface area contributed by atoms with E-state index in [4.69, 9.17) is 4.74 Å². The van der Waals surface area contributed by atoms with E-state index >= 15 is 0 Å². The fourth-order valence-corrected chi connectivity index (χ4v) is 2.97. The lowest BCUT2D eigenvalue weighted by atomic mass is 10.1. The number of amides is 1. The molecule has 0 saturated heterocycles. The number of ether oxygens (including phenoxy) is 1. The number of nitrogens with zero attached hydrogens (tertiary/aromatic N) is 1. The van der Waals surface area contributed by atoms with Gasteiger partial charge < -0.3 is 14.6 Å². The third-order valence-electron chi connectivity index (χ3n) is 4.27. The molecule has 3 rings (SSSR count). The smallest absolute Gasteiger partial charge is 0.419 e. The highest BCUT2D eigenvalue weighted by Gasteiger charge is 2.35. The number of hydrogen-bond donors (Lipinski definition) is 2. The first-order valence-corrected chi connectivity index (χ1v) is 8.13. The van der Waals surface area contributed by atoms with Gasteiger partial charge in [-0.2, -0.15) is 13.2 Å². The summed E-state index contributed by atoms with van der Waals surface area (Å²) in [7, 11) is 0. The van der Waals surface area contributed by atoms with Crippen LogP contribution in [0.15, 0.2) is 33.9 Å². The average Bonchev–Trinajstić information content (AvgIpc) is 2.59. The highest BCUT2D eigenvalue weighted by Crippen LogP contribution is 2.36. The van der Waals surface area contributed by atoms with Gasteiger partial charge in [-0.05, 0) is 25.5 Å². The van der Waals surface area contributed by atoms with Crippen LogP contribution in [0.2, 0.25) is 0 Å². The van der Waals surface area contributed by atoms with E-state index in [-0.39, 0.29) is 19.5 Å². The Bertz CT molecular complexity index is 980. The van der Waals surface area contributed by atoms with Crippen molar-refractivity contribution >= 4 is 5.91 Å². The van der Waals surface area contributed by atoms with Crippen molar-refractivity contribution < 1.29 is 22.7 Å². The van der Waals surface area contributed by atoms with Crippen LogP contribution < -0.4 is 16.0 Å². The van der Waals surface area contributed by atoms with Gasteiger partial charge in [0, 0.05) is 17.8 Å². The molecule has 1 unspecified atom stereocenters. The molecule has 0 saturated carbocycles. The lowest BCUT2D eigenvalue weighted by Gasteiger charge is -2.30. The number of nitrogens with one attached hydrogen (secondary N) is 2. The third-order valence-corrected chi connectivity index (χ3v) is 4.27. The Morgan fingerprint density at radius 2 is 1.93 bits per heavy atom. The minimum Gasteiger partial charge on any atom is -0.480 e. The molecule has 1 aromatic carbocycles. The summed E-state index contributed by atoms with van der Waals surface area (Å²) in [6, 6.07) is 4.64. The number of aromatic amines is 2. The molecule has 27 heavy (non-hydrogen) atoms. The van der Waals surface area contributed by atoms with Gasteiger partial charge in [-0.15, -0.1) is 0 Å². The normalized spacial score (nSPS) is 15.2. The zero-order valence-corrected chi connectivity index (χ0v) is 14.2. The Labute approximate surface area is 150 Å². The summed E-state index contributed by atoms with van der Waals surface area (Å²) in [6.45, 7) is 1.52. The first kappa shape index (κ1) is 18.7. The number of carbonyl (C=O) groups is 1.